The SMILES string of the molecule is CC1=C(O)[C@@]2(O)C(=O)C3=C(O)c4c(O)cc(CN5CCCCC5)c(Cl)c4CC3C[C@H]2CC1=O. The number of nitrogens with zero attached hydrogens (tertiary/aromatic N) is 1. The molecule has 0 spiro atoms. The van der Waals surface area contributed by atoms with Gasteiger partial charge in [0.15, 0.2) is 11.4 Å². The molecule has 1 saturated carbocycles. The maximum atomic E-state index is 13.4. The van der Waals surface area contributed by atoms with E-state index in [2.05, 4.69) is 4.90 Å². The zero-order chi connectivity index (χ0) is 23.7. The summed E-state index contributed by atoms with van der Waals surface area (Å²) in [6, 6.07) is 1.54. The second-order valence-corrected chi connectivity index (χ2v) is 10.2. The lowest BCUT2D eigenvalue weighted by molar-refractivity contribution is -0.147. The molecule has 1 aromatic rings. The van der Waals surface area contributed by atoms with Crippen molar-refractivity contribution in [3.63, 3.8) is 0 Å². The van der Waals surface area contributed by atoms with Gasteiger partial charge in [0.25, 0.3) is 0 Å². The van der Waals surface area contributed by atoms with E-state index in [0.29, 0.717) is 23.6 Å². The standard InChI is InChI=1S/C25H28ClNO6/c1-12-17(28)10-15-7-13-8-16-20(22(30)19(13)24(32)25(15,33)23(12)31)18(29)9-14(21(16)26)11-27-5-3-2-4-6-27/h9,13,15,29-31,33H,2-8,10-11H2,1H3/t13?,15-,25+/m0/s1. The van der Waals surface area contributed by atoms with Crippen LogP contribution in [0.3, 0.4) is 0 Å². The summed E-state index contributed by atoms with van der Waals surface area (Å²) in [5.41, 5.74) is -0.852. The van der Waals surface area contributed by atoms with Crippen LogP contribution in [-0.4, -0.2) is 55.6 Å². The van der Waals surface area contributed by atoms with E-state index in [-0.39, 0.29) is 41.1 Å². The topological polar surface area (TPSA) is 118 Å². The molecule has 8 heteroatoms. The van der Waals surface area contributed by atoms with Crippen molar-refractivity contribution in [3.05, 3.63) is 44.7 Å². The number of halogens is 1. The number of phenolic OH excluding ortho intramolecular Hbond substituents is 1. The van der Waals surface area contributed by atoms with Gasteiger partial charge in [-0.15, -0.1) is 0 Å². The first kappa shape index (κ1) is 22.4. The highest BCUT2D eigenvalue weighted by Crippen LogP contribution is 2.53. The van der Waals surface area contributed by atoms with Gasteiger partial charge in [0, 0.05) is 35.1 Å². The number of carbonyl (C=O) groups excluding carboxylic acids is 2. The lowest BCUT2D eigenvalue weighted by atomic mass is 9.59. The summed E-state index contributed by atoms with van der Waals surface area (Å²) in [4.78, 5) is 28.0. The Kier molecular flexibility index (Phi) is 5.34. The van der Waals surface area contributed by atoms with Crippen molar-refractivity contribution in [2.45, 2.75) is 57.6 Å². The van der Waals surface area contributed by atoms with Crippen LogP contribution in [0.25, 0.3) is 5.76 Å². The van der Waals surface area contributed by atoms with Gasteiger partial charge in [-0.3, -0.25) is 14.5 Å². The van der Waals surface area contributed by atoms with Crippen molar-refractivity contribution in [2.75, 3.05) is 13.1 Å². The number of aliphatic hydroxyl groups is 3. The van der Waals surface area contributed by atoms with Crippen LogP contribution in [0.15, 0.2) is 23.0 Å². The van der Waals surface area contributed by atoms with Crippen LogP contribution in [0, 0.1) is 11.8 Å². The molecular weight excluding hydrogens is 446 g/mol. The van der Waals surface area contributed by atoms with Gasteiger partial charge in [0.2, 0.25) is 5.78 Å². The number of hydrogen-bond acceptors (Lipinski definition) is 7. The van der Waals surface area contributed by atoms with Gasteiger partial charge in [0.1, 0.15) is 17.3 Å². The van der Waals surface area contributed by atoms with Crippen molar-refractivity contribution in [3.8, 4) is 5.75 Å². The number of carbonyl (C=O) groups is 2. The molecule has 0 radical (unpaired) electrons. The molecule has 4 aliphatic rings. The van der Waals surface area contributed by atoms with Crippen LogP contribution in [0.5, 0.6) is 5.75 Å². The summed E-state index contributed by atoms with van der Waals surface area (Å²) in [6.07, 6.45) is 3.92. The Hall–Kier alpha value is -2.35. The van der Waals surface area contributed by atoms with Gasteiger partial charge in [0.05, 0.1) is 5.56 Å². The van der Waals surface area contributed by atoms with E-state index in [1.807, 2.05) is 0 Å². The van der Waals surface area contributed by atoms with E-state index in [0.717, 1.165) is 31.5 Å². The normalized spacial score (nSPS) is 30.3. The van der Waals surface area contributed by atoms with Gasteiger partial charge in [-0.2, -0.15) is 0 Å². The Bertz CT molecular complexity index is 1130. The molecule has 1 saturated heterocycles. The minimum Gasteiger partial charge on any atom is -0.508 e. The number of piperidine rings is 1. The average molecular weight is 474 g/mol. The van der Waals surface area contributed by atoms with Crippen LogP contribution in [0.4, 0.5) is 0 Å². The highest BCUT2D eigenvalue weighted by atomic mass is 35.5. The van der Waals surface area contributed by atoms with Gasteiger partial charge in [-0.25, -0.2) is 0 Å². The van der Waals surface area contributed by atoms with E-state index in [1.54, 1.807) is 6.07 Å². The number of benzene rings is 1. The van der Waals surface area contributed by atoms with E-state index < -0.39 is 34.7 Å². The number of phenols is 1. The second kappa shape index (κ2) is 7.86. The largest absolute Gasteiger partial charge is 0.508 e. The molecule has 176 valence electrons. The van der Waals surface area contributed by atoms with Crippen molar-refractivity contribution >= 4 is 28.9 Å². The Morgan fingerprint density at radius 3 is 2.52 bits per heavy atom. The smallest absolute Gasteiger partial charge is 0.202 e. The third-order valence-electron chi connectivity index (χ3n) is 7.93. The molecule has 5 rings (SSSR count). The monoisotopic (exact) mass is 473 g/mol. The molecule has 1 aliphatic heterocycles. The van der Waals surface area contributed by atoms with Crippen LogP contribution in [0.1, 0.15) is 55.7 Å². The second-order valence-electron chi connectivity index (χ2n) is 9.85. The Morgan fingerprint density at radius 2 is 1.82 bits per heavy atom. The minimum atomic E-state index is -2.25. The average Bonchev–Trinajstić information content (AvgIpc) is 2.78. The first-order chi connectivity index (χ1) is 15.6. The molecule has 3 aliphatic carbocycles. The van der Waals surface area contributed by atoms with Crippen LogP contribution < -0.4 is 0 Å². The predicted molar refractivity (Wildman–Crippen MR) is 122 cm³/mol. The molecule has 33 heavy (non-hydrogen) atoms. The summed E-state index contributed by atoms with van der Waals surface area (Å²) in [5, 5.41) is 44.2. The van der Waals surface area contributed by atoms with Crippen molar-refractivity contribution in [1.82, 2.24) is 4.90 Å². The first-order valence-corrected chi connectivity index (χ1v) is 11.9. The number of rotatable bonds is 2. The predicted octanol–water partition coefficient (Wildman–Crippen LogP) is 3.60. The first-order valence-electron chi connectivity index (χ1n) is 11.5. The number of Topliss-reactive ketones (excluding diaryl/α,β-unsaturated/α-hetero) is 2. The lowest BCUT2D eigenvalue weighted by Gasteiger charge is -2.46. The molecule has 4 N–H and O–H groups in total. The number of likely N-dealkylation sites (tertiary alicyclic amines) is 1. The van der Waals surface area contributed by atoms with Gasteiger partial charge in [-0.1, -0.05) is 18.0 Å². The van der Waals surface area contributed by atoms with Gasteiger partial charge < -0.3 is 20.4 Å². The maximum absolute atomic E-state index is 13.4. The summed E-state index contributed by atoms with van der Waals surface area (Å²) in [7, 11) is 0. The fourth-order valence-electron chi connectivity index (χ4n) is 6.09. The summed E-state index contributed by atoms with van der Waals surface area (Å²) in [6.45, 7) is 3.90. The van der Waals surface area contributed by atoms with Crippen molar-refractivity contribution < 1.29 is 30.0 Å². The summed E-state index contributed by atoms with van der Waals surface area (Å²) in [5.74, 6) is -3.60. The number of aliphatic hydroxyl groups excluding tert-OH is 2. The molecular formula is C25H28ClNO6. The molecule has 1 unspecified atom stereocenters. The molecule has 3 atom stereocenters. The van der Waals surface area contributed by atoms with E-state index in [1.165, 1.54) is 13.3 Å². The minimum absolute atomic E-state index is 0.0231. The Balaban J connectivity index is 1.59. The van der Waals surface area contributed by atoms with Gasteiger partial charge in [-0.05, 0) is 68.8 Å². The fraction of sp³-hybridized carbons (Fsp3) is 0.520. The molecule has 0 bridgehead atoms. The number of fused-ring (bicyclic) bond motifs is 3. The fourth-order valence-corrected chi connectivity index (χ4v) is 6.38. The molecule has 2 fully saturated rings. The van der Waals surface area contributed by atoms with E-state index in [4.69, 9.17) is 11.6 Å². The quantitative estimate of drug-likeness (QED) is 0.518. The summed E-state index contributed by atoms with van der Waals surface area (Å²) < 4.78 is 0. The number of ketones is 2. The Morgan fingerprint density at radius 1 is 1.12 bits per heavy atom. The van der Waals surface area contributed by atoms with Gasteiger partial charge >= 0.3 is 0 Å². The van der Waals surface area contributed by atoms with Crippen molar-refractivity contribution in [1.29, 1.82) is 0 Å². The third-order valence-corrected chi connectivity index (χ3v) is 8.40. The number of aromatic hydroxyl groups is 1. The number of allylic oxidation sites excluding steroid dienone is 1. The molecule has 1 aromatic carbocycles. The molecule has 1 heterocycles. The third kappa shape index (κ3) is 3.24. The number of hydrogen-bond donors (Lipinski definition) is 4. The van der Waals surface area contributed by atoms with E-state index in [9.17, 15) is 30.0 Å². The molecule has 0 aromatic heterocycles. The zero-order valence-corrected chi connectivity index (χ0v) is 19.3. The summed E-state index contributed by atoms with van der Waals surface area (Å²) >= 11 is 6.77. The van der Waals surface area contributed by atoms with E-state index >= 15 is 0 Å². The van der Waals surface area contributed by atoms with Crippen LogP contribution >= 0.6 is 11.6 Å². The Labute approximate surface area is 197 Å². The molecule has 0 amide bonds. The maximum Gasteiger partial charge on any atom is 0.202 e. The highest BCUT2D eigenvalue weighted by Gasteiger charge is 2.59. The van der Waals surface area contributed by atoms with Crippen LogP contribution in [0.2, 0.25) is 5.02 Å². The molecule has 7 nitrogen and oxygen atoms in total. The van der Waals surface area contributed by atoms with Crippen LogP contribution in [-0.2, 0) is 22.6 Å². The lowest BCUT2D eigenvalue weighted by Crippen LogP contribution is -2.57. The zero-order valence-electron chi connectivity index (χ0n) is 18.5. The highest BCUT2D eigenvalue weighted by molar-refractivity contribution is 6.32. The van der Waals surface area contributed by atoms with Crippen molar-refractivity contribution in [2.24, 2.45) is 11.8 Å².